The minimum absolute atomic E-state index is 0.746. The highest BCUT2D eigenvalue weighted by molar-refractivity contribution is 5.34. The van der Waals surface area contributed by atoms with Crippen molar-refractivity contribution in [2.75, 3.05) is 6.54 Å². The fourth-order valence-corrected chi connectivity index (χ4v) is 1.66. The smallest absolute Gasteiger partial charge is 0.00366 e. The molecule has 0 aromatic heterocycles. The van der Waals surface area contributed by atoms with Gasteiger partial charge in [0.05, 0.1) is 0 Å². The summed E-state index contributed by atoms with van der Waals surface area (Å²) < 4.78 is 0. The lowest BCUT2D eigenvalue weighted by atomic mass is 9.98. The molecule has 1 rings (SSSR count). The molecule has 0 atom stereocenters. The first-order chi connectivity index (χ1) is 5.79. The van der Waals surface area contributed by atoms with Crippen LogP contribution < -0.4 is 5.73 Å². The summed E-state index contributed by atoms with van der Waals surface area (Å²) in [6.45, 7) is 5.11. The maximum absolute atomic E-state index is 5.53. The molecule has 0 aliphatic rings. The SMILES string of the molecule is CCc1c(C)cccc1CCN. The summed E-state index contributed by atoms with van der Waals surface area (Å²) in [4.78, 5) is 0. The van der Waals surface area contributed by atoms with Crippen LogP contribution >= 0.6 is 0 Å². The fourth-order valence-electron chi connectivity index (χ4n) is 1.66. The van der Waals surface area contributed by atoms with Crippen molar-refractivity contribution in [1.82, 2.24) is 0 Å². The monoisotopic (exact) mass is 163 g/mol. The lowest BCUT2D eigenvalue weighted by molar-refractivity contribution is 0.933. The van der Waals surface area contributed by atoms with Gasteiger partial charge >= 0.3 is 0 Å². The first-order valence-electron chi connectivity index (χ1n) is 4.57. The molecule has 0 unspecified atom stereocenters. The summed E-state index contributed by atoms with van der Waals surface area (Å²) in [5.41, 5.74) is 9.82. The number of benzene rings is 1. The van der Waals surface area contributed by atoms with Gasteiger partial charge in [-0.05, 0) is 43.0 Å². The van der Waals surface area contributed by atoms with E-state index < -0.39 is 0 Å². The third-order valence-corrected chi connectivity index (χ3v) is 2.27. The van der Waals surface area contributed by atoms with Gasteiger partial charge in [0.1, 0.15) is 0 Å². The highest BCUT2D eigenvalue weighted by Crippen LogP contribution is 2.14. The molecule has 2 N–H and O–H groups in total. The van der Waals surface area contributed by atoms with E-state index in [1.807, 2.05) is 0 Å². The Morgan fingerprint density at radius 3 is 2.67 bits per heavy atom. The lowest BCUT2D eigenvalue weighted by Crippen LogP contribution is -2.05. The molecule has 1 nitrogen and oxygen atoms in total. The fraction of sp³-hybridized carbons (Fsp3) is 0.455. The van der Waals surface area contributed by atoms with Crippen molar-refractivity contribution in [2.24, 2.45) is 5.73 Å². The average Bonchev–Trinajstić information content (AvgIpc) is 2.05. The molecule has 0 amide bonds. The molecule has 1 aromatic rings. The Hall–Kier alpha value is -0.820. The van der Waals surface area contributed by atoms with Crippen LogP contribution in [0.25, 0.3) is 0 Å². The van der Waals surface area contributed by atoms with E-state index in [1.54, 1.807) is 0 Å². The number of nitrogens with two attached hydrogens (primary N) is 1. The largest absolute Gasteiger partial charge is 0.330 e. The number of aryl methyl sites for hydroxylation is 1. The van der Waals surface area contributed by atoms with Crippen LogP contribution in [0.4, 0.5) is 0 Å². The summed E-state index contributed by atoms with van der Waals surface area (Å²) in [5, 5.41) is 0. The molecule has 0 saturated heterocycles. The van der Waals surface area contributed by atoms with Crippen molar-refractivity contribution < 1.29 is 0 Å². The lowest BCUT2D eigenvalue weighted by Gasteiger charge is -2.09. The molecule has 12 heavy (non-hydrogen) atoms. The summed E-state index contributed by atoms with van der Waals surface area (Å²) >= 11 is 0. The van der Waals surface area contributed by atoms with Crippen LogP contribution in [0.3, 0.4) is 0 Å². The Labute approximate surface area is 74.6 Å². The Morgan fingerprint density at radius 2 is 2.08 bits per heavy atom. The van der Waals surface area contributed by atoms with E-state index in [9.17, 15) is 0 Å². The third-order valence-electron chi connectivity index (χ3n) is 2.27. The van der Waals surface area contributed by atoms with E-state index in [4.69, 9.17) is 5.73 Å². The van der Waals surface area contributed by atoms with Gasteiger partial charge in [0.25, 0.3) is 0 Å². The number of hydrogen-bond donors (Lipinski definition) is 1. The molecule has 0 aliphatic heterocycles. The van der Waals surface area contributed by atoms with Gasteiger partial charge in [0.15, 0.2) is 0 Å². The Kier molecular flexibility index (Phi) is 3.30. The molecule has 0 radical (unpaired) electrons. The zero-order chi connectivity index (χ0) is 8.97. The predicted octanol–water partition coefficient (Wildman–Crippen LogP) is 2.06. The minimum Gasteiger partial charge on any atom is -0.330 e. The van der Waals surface area contributed by atoms with Gasteiger partial charge in [-0.15, -0.1) is 0 Å². The average molecular weight is 163 g/mol. The van der Waals surface area contributed by atoms with Crippen molar-refractivity contribution in [1.29, 1.82) is 0 Å². The van der Waals surface area contributed by atoms with Crippen LogP contribution in [0.1, 0.15) is 23.6 Å². The molecule has 0 heterocycles. The first-order valence-corrected chi connectivity index (χ1v) is 4.57. The van der Waals surface area contributed by atoms with E-state index in [2.05, 4.69) is 32.0 Å². The molecule has 1 aromatic carbocycles. The Balaban J connectivity index is 3.00. The maximum atomic E-state index is 5.53. The Bertz CT molecular complexity index is 253. The van der Waals surface area contributed by atoms with Crippen molar-refractivity contribution in [3.8, 4) is 0 Å². The van der Waals surface area contributed by atoms with E-state index in [0.717, 1.165) is 19.4 Å². The normalized spacial score (nSPS) is 10.2. The van der Waals surface area contributed by atoms with E-state index in [0.29, 0.717) is 0 Å². The predicted molar refractivity (Wildman–Crippen MR) is 53.3 cm³/mol. The second-order valence-corrected chi connectivity index (χ2v) is 3.10. The minimum atomic E-state index is 0.746. The molecule has 66 valence electrons. The van der Waals surface area contributed by atoms with Gasteiger partial charge in [0, 0.05) is 0 Å². The van der Waals surface area contributed by atoms with Crippen LogP contribution in [0.2, 0.25) is 0 Å². The zero-order valence-corrected chi connectivity index (χ0v) is 7.93. The number of rotatable bonds is 3. The van der Waals surface area contributed by atoms with Crippen LogP contribution in [-0.2, 0) is 12.8 Å². The highest BCUT2D eigenvalue weighted by atomic mass is 14.5. The second kappa shape index (κ2) is 4.27. The zero-order valence-electron chi connectivity index (χ0n) is 7.93. The first kappa shape index (κ1) is 9.27. The van der Waals surface area contributed by atoms with Gasteiger partial charge < -0.3 is 5.73 Å². The summed E-state index contributed by atoms with van der Waals surface area (Å²) in [5.74, 6) is 0. The quantitative estimate of drug-likeness (QED) is 0.725. The van der Waals surface area contributed by atoms with Crippen LogP contribution in [0.15, 0.2) is 18.2 Å². The van der Waals surface area contributed by atoms with Gasteiger partial charge in [-0.2, -0.15) is 0 Å². The van der Waals surface area contributed by atoms with Gasteiger partial charge in [-0.3, -0.25) is 0 Å². The molecule has 0 aliphatic carbocycles. The molecule has 0 bridgehead atoms. The molecule has 0 spiro atoms. The van der Waals surface area contributed by atoms with Crippen molar-refractivity contribution in [3.05, 3.63) is 34.9 Å². The summed E-state index contributed by atoms with van der Waals surface area (Å²) in [6.07, 6.45) is 2.12. The molecule has 0 fully saturated rings. The van der Waals surface area contributed by atoms with Gasteiger partial charge in [-0.25, -0.2) is 0 Å². The van der Waals surface area contributed by atoms with Crippen molar-refractivity contribution in [2.45, 2.75) is 26.7 Å². The Morgan fingerprint density at radius 1 is 1.33 bits per heavy atom. The van der Waals surface area contributed by atoms with Gasteiger partial charge in [-0.1, -0.05) is 25.1 Å². The number of hydrogen-bond acceptors (Lipinski definition) is 1. The second-order valence-electron chi connectivity index (χ2n) is 3.10. The van der Waals surface area contributed by atoms with Crippen molar-refractivity contribution >= 4 is 0 Å². The molecule has 0 saturated carbocycles. The van der Waals surface area contributed by atoms with Gasteiger partial charge in [0.2, 0.25) is 0 Å². The molecule has 1 heteroatoms. The highest BCUT2D eigenvalue weighted by Gasteiger charge is 2.01. The van der Waals surface area contributed by atoms with E-state index in [1.165, 1.54) is 16.7 Å². The van der Waals surface area contributed by atoms with Crippen LogP contribution in [-0.4, -0.2) is 6.54 Å². The maximum Gasteiger partial charge on any atom is -0.00366 e. The summed E-state index contributed by atoms with van der Waals surface area (Å²) in [7, 11) is 0. The van der Waals surface area contributed by atoms with E-state index in [-0.39, 0.29) is 0 Å². The molecular weight excluding hydrogens is 146 g/mol. The standard InChI is InChI=1S/C11H17N/c1-3-11-9(2)5-4-6-10(11)7-8-12/h4-6H,3,7-8,12H2,1-2H3. The topological polar surface area (TPSA) is 26.0 Å². The van der Waals surface area contributed by atoms with Crippen LogP contribution in [0.5, 0.6) is 0 Å². The molecular formula is C11H17N. The third kappa shape index (κ3) is 1.86. The van der Waals surface area contributed by atoms with Crippen LogP contribution in [0, 0.1) is 6.92 Å². The van der Waals surface area contributed by atoms with Crippen molar-refractivity contribution in [3.63, 3.8) is 0 Å². The van der Waals surface area contributed by atoms with E-state index >= 15 is 0 Å². The summed E-state index contributed by atoms with van der Waals surface area (Å²) in [6, 6.07) is 6.46.